The topological polar surface area (TPSA) is 29.5 Å². The molecule has 0 aliphatic carbocycles. The zero-order chi connectivity index (χ0) is 13.8. The summed E-state index contributed by atoms with van der Waals surface area (Å²) in [5.41, 5.74) is 1.39. The first-order chi connectivity index (χ1) is 9.08. The van der Waals surface area contributed by atoms with Crippen molar-refractivity contribution in [3.63, 3.8) is 0 Å². The average Bonchev–Trinajstić information content (AvgIpc) is 2.40. The van der Waals surface area contributed by atoms with Crippen LogP contribution in [0.1, 0.15) is 24.2 Å². The number of halogens is 2. The van der Waals surface area contributed by atoms with Crippen LogP contribution in [0.15, 0.2) is 42.5 Å². The summed E-state index contributed by atoms with van der Waals surface area (Å²) in [6.45, 7) is 1.89. The Hall–Kier alpha value is -1.58. The van der Waals surface area contributed by atoms with Gasteiger partial charge in [-0.15, -0.1) is 0 Å². The smallest absolute Gasteiger partial charge is 0.142 e. The van der Waals surface area contributed by atoms with E-state index in [1.807, 2.05) is 12.1 Å². The maximum atomic E-state index is 13.3. The lowest BCUT2D eigenvalue weighted by molar-refractivity contribution is 0.190. The van der Waals surface area contributed by atoms with Crippen LogP contribution in [0.4, 0.5) is 4.39 Å². The van der Waals surface area contributed by atoms with Gasteiger partial charge in [0.2, 0.25) is 0 Å². The third-order valence-electron chi connectivity index (χ3n) is 2.75. The molecular formula is C15H14ClFO2. The SMILES string of the molecule is C[C@H](O)c1ccccc1OCc1ccc(Cl)c(F)c1. The Balaban J connectivity index is 2.12. The maximum Gasteiger partial charge on any atom is 0.142 e. The second-order valence-corrected chi connectivity index (χ2v) is 4.66. The lowest BCUT2D eigenvalue weighted by atomic mass is 10.1. The van der Waals surface area contributed by atoms with E-state index in [1.54, 1.807) is 25.1 Å². The van der Waals surface area contributed by atoms with Gasteiger partial charge in [0.25, 0.3) is 0 Å². The molecule has 1 atom stereocenters. The summed E-state index contributed by atoms with van der Waals surface area (Å²) in [7, 11) is 0. The largest absolute Gasteiger partial charge is 0.489 e. The molecule has 2 aromatic rings. The molecule has 0 unspecified atom stereocenters. The van der Waals surface area contributed by atoms with E-state index in [-0.39, 0.29) is 11.6 Å². The molecule has 2 aromatic carbocycles. The fourth-order valence-electron chi connectivity index (χ4n) is 1.75. The molecule has 0 saturated carbocycles. The zero-order valence-corrected chi connectivity index (χ0v) is 11.2. The van der Waals surface area contributed by atoms with Crippen LogP contribution in [0, 0.1) is 5.82 Å². The first kappa shape index (κ1) is 13.8. The molecule has 0 spiro atoms. The van der Waals surface area contributed by atoms with Gasteiger partial charge in [0.15, 0.2) is 0 Å². The monoisotopic (exact) mass is 280 g/mol. The van der Waals surface area contributed by atoms with Crippen molar-refractivity contribution in [2.75, 3.05) is 0 Å². The van der Waals surface area contributed by atoms with E-state index >= 15 is 0 Å². The van der Waals surface area contributed by atoms with Crippen molar-refractivity contribution in [1.82, 2.24) is 0 Å². The number of hydrogen-bond donors (Lipinski definition) is 1. The number of ether oxygens (including phenoxy) is 1. The summed E-state index contributed by atoms with van der Waals surface area (Å²) in [5.74, 6) is 0.124. The van der Waals surface area contributed by atoms with E-state index in [0.717, 1.165) is 0 Å². The number of aliphatic hydroxyl groups excluding tert-OH is 1. The summed E-state index contributed by atoms with van der Waals surface area (Å²) >= 11 is 5.62. The Kier molecular flexibility index (Phi) is 4.40. The van der Waals surface area contributed by atoms with Gasteiger partial charge in [-0.2, -0.15) is 0 Å². The van der Waals surface area contributed by atoms with Crippen molar-refractivity contribution in [1.29, 1.82) is 0 Å². The molecule has 0 aliphatic heterocycles. The maximum absolute atomic E-state index is 13.3. The predicted molar refractivity (Wildman–Crippen MR) is 72.8 cm³/mol. The summed E-state index contributed by atoms with van der Waals surface area (Å²) in [5, 5.41) is 9.72. The predicted octanol–water partition coefficient (Wildman–Crippen LogP) is 4.11. The van der Waals surface area contributed by atoms with E-state index in [4.69, 9.17) is 16.3 Å². The minimum absolute atomic E-state index is 0.0909. The van der Waals surface area contributed by atoms with Crippen molar-refractivity contribution in [3.8, 4) is 5.75 Å². The van der Waals surface area contributed by atoms with Crippen LogP contribution < -0.4 is 4.74 Å². The Morgan fingerprint density at radius 2 is 2.00 bits per heavy atom. The summed E-state index contributed by atoms with van der Waals surface area (Å²) < 4.78 is 18.9. The quantitative estimate of drug-likeness (QED) is 0.913. The Labute approximate surface area is 116 Å². The number of rotatable bonds is 4. The highest BCUT2D eigenvalue weighted by Gasteiger charge is 2.08. The van der Waals surface area contributed by atoms with Crippen molar-refractivity contribution in [2.24, 2.45) is 0 Å². The molecule has 2 nitrogen and oxygen atoms in total. The van der Waals surface area contributed by atoms with Crippen molar-refractivity contribution >= 4 is 11.6 Å². The van der Waals surface area contributed by atoms with Gasteiger partial charge in [0, 0.05) is 5.56 Å². The molecule has 0 bridgehead atoms. The number of para-hydroxylation sites is 1. The third-order valence-corrected chi connectivity index (χ3v) is 3.05. The molecule has 0 aliphatic rings. The van der Waals surface area contributed by atoms with Gasteiger partial charge in [-0.1, -0.05) is 35.9 Å². The first-order valence-corrected chi connectivity index (χ1v) is 6.29. The van der Waals surface area contributed by atoms with Crippen molar-refractivity contribution < 1.29 is 14.2 Å². The highest BCUT2D eigenvalue weighted by molar-refractivity contribution is 6.30. The van der Waals surface area contributed by atoms with Crippen LogP contribution in [0.5, 0.6) is 5.75 Å². The van der Waals surface area contributed by atoms with Gasteiger partial charge in [0.1, 0.15) is 18.2 Å². The molecule has 4 heteroatoms. The van der Waals surface area contributed by atoms with Gasteiger partial charge < -0.3 is 9.84 Å². The van der Waals surface area contributed by atoms with Crippen LogP contribution in [-0.2, 0) is 6.61 Å². The van der Waals surface area contributed by atoms with E-state index in [2.05, 4.69) is 0 Å². The molecule has 0 fully saturated rings. The Morgan fingerprint density at radius 3 is 2.68 bits per heavy atom. The van der Waals surface area contributed by atoms with Gasteiger partial charge in [0.05, 0.1) is 11.1 Å². The lowest BCUT2D eigenvalue weighted by Crippen LogP contribution is -2.01. The normalized spacial score (nSPS) is 12.2. The van der Waals surface area contributed by atoms with Gasteiger partial charge >= 0.3 is 0 Å². The molecule has 100 valence electrons. The molecule has 1 N–H and O–H groups in total. The molecule has 0 radical (unpaired) electrons. The second-order valence-electron chi connectivity index (χ2n) is 4.25. The van der Waals surface area contributed by atoms with Gasteiger partial charge in [-0.25, -0.2) is 4.39 Å². The summed E-state index contributed by atoms with van der Waals surface area (Å²) in [6.07, 6.45) is -0.613. The van der Waals surface area contributed by atoms with Crippen LogP contribution >= 0.6 is 11.6 Å². The van der Waals surface area contributed by atoms with E-state index in [9.17, 15) is 9.50 Å². The van der Waals surface area contributed by atoms with Crippen LogP contribution in [0.2, 0.25) is 5.02 Å². The van der Waals surface area contributed by atoms with Gasteiger partial charge in [-0.3, -0.25) is 0 Å². The molecule has 2 rings (SSSR count). The molecule has 0 heterocycles. The standard InChI is InChI=1S/C15H14ClFO2/c1-10(18)12-4-2-3-5-15(12)19-9-11-6-7-13(16)14(17)8-11/h2-8,10,18H,9H2,1H3/t10-/m0/s1. The highest BCUT2D eigenvalue weighted by atomic mass is 35.5. The zero-order valence-electron chi connectivity index (χ0n) is 10.4. The number of hydrogen-bond acceptors (Lipinski definition) is 2. The summed E-state index contributed by atoms with van der Waals surface area (Å²) in [4.78, 5) is 0. The molecule has 19 heavy (non-hydrogen) atoms. The van der Waals surface area contributed by atoms with Crippen LogP contribution in [0.25, 0.3) is 0 Å². The molecule has 0 aromatic heterocycles. The van der Waals surface area contributed by atoms with Crippen molar-refractivity contribution in [2.45, 2.75) is 19.6 Å². The highest BCUT2D eigenvalue weighted by Crippen LogP contribution is 2.25. The Morgan fingerprint density at radius 1 is 1.26 bits per heavy atom. The summed E-state index contributed by atoms with van der Waals surface area (Å²) in [6, 6.07) is 11.8. The average molecular weight is 281 g/mol. The minimum atomic E-state index is -0.613. The lowest BCUT2D eigenvalue weighted by Gasteiger charge is -2.13. The van der Waals surface area contributed by atoms with Crippen LogP contribution in [-0.4, -0.2) is 5.11 Å². The van der Waals surface area contributed by atoms with E-state index in [0.29, 0.717) is 16.9 Å². The minimum Gasteiger partial charge on any atom is -0.489 e. The molecule has 0 amide bonds. The van der Waals surface area contributed by atoms with Gasteiger partial charge in [-0.05, 0) is 30.7 Å². The van der Waals surface area contributed by atoms with Crippen LogP contribution in [0.3, 0.4) is 0 Å². The number of aliphatic hydroxyl groups is 1. The first-order valence-electron chi connectivity index (χ1n) is 5.91. The third kappa shape index (κ3) is 3.46. The number of benzene rings is 2. The fourth-order valence-corrected chi connectivity index (χ4v) is 1.87. The van der Waals surface area contributed by atoms with Crippen molar-refractivity contribution in [3.05, 3.63) is 64.4 Å². The fraction of sp³-hybridized carbons (Fsp3) is 0.200. The molecular weight excluding hydrogens is 267 g/mol. The van der Waals surface area contributed by atoms with E-state index < -0.39 is 11.9 Å². The van der Waals surface area contributed by atoms with E-state index in [1.165, 1.54) is 12.1 Å². The second kappa shape index (κ2) is 6.04. The Bertz CT molecular complexity index is 570. The molecule has 0 saturated heterocycles.